The summed E-state index contributed by atoms with van der Waals surface area (Å²) in [5, 5.41) is 4.19. The van der Waals surface area contributed by atoms with Crippen molar-refractivity contribution in [1.29, 1.82) is 0 Å². The van der Waals surface area contributed by atoms with Gasteiger partial charge in [0.05, 0.1) is 6.04 Å². The second-order valence-electron chi connectivity index (χ2n) is 4.62. The molecule has 0 N–H and O–H groups in total. The number of hydrogen-bond donors (Lipinski definition) is 0. The van der Waals surface area contributed by atoms with Crippen molar-refractivity contribution < 1.29 is 4.79 Å². The second-order valence-corrected chi connectivity index (χ2v) is 4.62. The highest BCUT2D eigenvalue weighted by molar-refractivity contribution is 5.66. The van der Waals surface area contributed by atoms with Crippen molar-refractivity contribution >= 4 is 17.9 Å². The largest absolute Gasteiger partial charge is 0.347 e. The number of carbonyl (C=O) groups excluding carboxylic acids is 1. The molecule has 6 nitrogen and oxygen atoms in total. The highest BCUT2D eigenvalue weighted by Gasteiger charge is 2.24. The lowest BCUT2D eigenvalue weighted by Crippen LogP contribution is -2.41. The number of rotatable bonds is 2. The fourth-order valence-electron chi connectivity index (χ4n) is 2.50. The van der Waals surface area contributed by atoms with Crippen LogP contribution in [0.5, 0.6) is 0 Å². The van der Waals surface area contributed by atoms with Crippen molar-refractivity contribution in [2.24, 2.45) is 0 Å². The summed E-state index contributed by atoms with van der Waals surface area (Å²) in [5.41, 5.74) is 0.890. The zero-order chi connectivity index (χ0) is 12.5. The molecular weight excluding hydrogens is 230 g/mol. The predicted octanol–water partition coefficient (Wildman–Crippen LogP) is 0.991. The number of aryl methyl sites for hydroxylation is 1. The van der Waals surface area contributed by atoms with Crippen LogP contribution in [0.1, 0.15) is 25.0 Å². The average Bonchev–Trinajstić information content (AvgIpc) is 2.85. The predicted molar refractivity (Wildman–Crippen MR) is 66.6 cm³/mol. The van der Waals surface area contributed by atoms with Crippen LogP contribution in [0.15, 0.2) is 12.4 Å². The summed E-state index contributed by atoms with van der Waals surface area (Å²) >= 11 is 0. The second kappa shape index (κ2) is 4.36. The molecule has 0 radical (unpaired) electrons. The van der Waals surface area contributed by atoms with Gasteiger partial charge in [-0.3, -0.25) is 0 Å². The minimum Gasteiger partial charge on any atom is -0.347 e. The van der Waals surface area contributed by atoms with E-state index >= 15 is 0 Å². The first-order valence-corrected chi connectivity index (χ1v) is 6.19. The minimum atomic E-state index is -0.0621. The van der Waals surface area contributed by atoms with Crippen molar-refractivity contribution in [3.05, 3.63) is 18.1 Å². The number of piperidine rings is 1. The Bertz CT molecular complexity index is 579. The van der Waals surface area contributed by atoms with Gasteiger partial charge in [-0.15, -0.1) is 0 Å². The average molecular weight is 245 g/mol. The Morgan fingerprint density at radius 1 is 1.44 bits per heavy atom. The van der Waals surface area contributed by atoms with E-state index in [0.717, 1.165) is 43.6 Å². The molecule has 1 atom stereocenters. The molecule has 1 aliphatic rings. The fourth-order valence-corrected chi connectivity index (χ4v) is 2.50. The molecule has 1 saturated heterocycles. The monoisotopic (exact) mass is 245 g/mol. The van der Waals surface area contributed by atoms with E-state index in [1.165, 1.54) is 6.33 Å². The molecule has 3 rings (SSSR count). The van der Waals surface area contributed by atoms with E-state index in [1.807, 2.05) is 13.0 Å². The lowest BCUT2D eigenvalue weighted by molar-refractivity contribution is -0.109. The van der Waals surface area contributed by atoms with Crippen LogP contribution in [0.25, 0.3) is 5.78 Å². The molecule has 18 heavy (non-hydrogen) atoms. The van der Waals surface area contributed by atoms with Crippen LogP contribution < -0.4 is 4.90 Å². The molecule has 1 unspecified atom stereocenters. The SMILES string of the molecule is Cc1cc(N2CCCCC2C=O)n2ncnc2n1. The molecule has 0 aromatic carbocycles. The molecule has 6 heteroatoms. The van der Waals surface area contributed by atoms with E-state index in [2.05, 4.69) is 20.0 Å². The van der Waals surface area contributed by atoms with Gasteiger partial charge in [0.2, 0.25) is 0 Å². The third kappa shape index (κ3) is 1.73. The number of carbonyl (C=O) groups is 1. The third-order valence-electron chi connectivity index (χ3n) is 3.36. The standard InChI is InChI=1S/C12H15N5O/c1-9-6-11(17-12(15-9)13-8-14-17)16-5-3-2-4-10(16)7-18/h6-8,10H,2-5H2,1H3. The van der Waals surface area contributed by atoms with Crippen molar-refractivity contribution in [2.45, 2.75) is 32.2 Å². The van der Waals surface area contributed by atoms with Crippen molar-refractivity contribution in [2.75, 3.05) is 11.4 Å². The van der Waals surface area contributed by atoms with Gasteiger partial charge in [-0.05, 0) is 26.2 Å². The molecule has 2 aromatic heterocycles. The van der Waals surface area contributed by atoms with E-state index in [4.69, 9.17) is 0 Å². The molecule has 2 aromatic rings. The summed E-state index contributed by atoms with van der Waals surface area (Å²) in [5.74, 6) is 1.49. The quantitative estimate of drug-likeness (QED) is 0.738. The van der Waals surface area contributed by atoms with Crippen LogP contribution in [0.2, 0.25) is 0 Å². The lowest BCUT2D eigenvalue weighted by atomic mass is 10.0. The molecular formula is C12H15N5O. The van der Waals surface area contributed by atoms with Gasteiger partial charge in [0.1, 0.15) is 18.4 Å². The van der Waals surface area contributed by atoms with E-state index in [-0.39, 0.29) is 6.04 Å². The summed E-state index contributed by atoms with van der Waals surface area (Å²) in [7, 11) is 0. The van der Waals surface area contributed by atoms with Gasteiger partial charge < -0.3 is 9.69 Å². The first-order chi connectivity index (χ1) is 8.79. The number of aromatic nitrogens is 4. The molecule has 0 spiro atoms. The molecule has 1 aliphatic heterocycles. The summed E-state index contributed by atoms with van der Waals surface area (Å²) < 4.78 is 1.70. The Morgan fingerprint density at radius 3 is 3.17 bits per heavy atom. The number of nitrogens with zero attached hydrogens (tertiary/aromatic N) is 5. The maximum Gasteiger partial charge on any atom is 0.254 e. The van der Waals surface area contributed by atoms with Crippen molar-refractivity contribution in [1.82, 2.24) is 19.6 Å². The van der Waals surface area contributed by atoms with E-state index in [1.54, 1.807) is 4.52 Å². The zero-order valence-corrected chi connectivity index (χ0v) is 10.3. The molecule has 0 bridgehead atoms. The number of fused-ring (bicyclic) bond motifs is 1. The molecule has 94 valence electrons. The molecule has 3 heterocycles. The molecule has 0 amide bonds. The first-order valence-electron chi connectivity index (χ1n) is 6.19. The maximum absolute atomic E-state index is 11.2. The smallest absolute Gasteiger partial charge is 0.254 e. The Morgan fingerprint density at radius 2 is 2.33 bits per heavy atom. The van der Waals surface area contributed by atoms with Crippen molar-refractivity contribution in [3.63, 3.8) is 0 Å². The summed E-state index contributed by atoms with van der Waals surface area (Å²) in [4.78, 5) is 21.7. The van der Waals surface area contributed by atoms with E-state index in [9.17, 15) is 4.79 Å². The van der Waals surface area contributed by atoms with Crippen LogP contribution in [-0.4, -0.2) is 38.5 Å². The Labute approximate surface area is 105 Å². The van der Waals surface area contributed by atoms with Crippen LogP contribution in [0.3, 0.4) is 0 Å². The highest BCUT2D eigenvalue weighted by Crippen LogP contribution is 2.24. The van der Waals surface area contributed by atoms with Crippen LogP contribution >= 0.6 is 0 Å². The zero-order valence-electron chi connectivity index (χ0n) is 10.3. The van der Waals surface area contributed by atoms with Gasteiger partial charge in [-0.1, -0.05) is 0 Å². The fraction of sp³-hybridized carbons (Fsp3) is 0.500. The number of anilines is 1. The molecule has 0 saturated carbocycles. The third-order valence-corrected chi connectivity index (χ3v) is 3.36. The van der Waals surface area contributed by atoms with E-state index < -0.39 is 0 Å². The Hall–Kier alpha value is -1.98. The molecule has 0 aliphatic carbocycles. The van der Waals surface area contributed by atoms with Gasteiger partial charge in [-0.25, -0.2) is 4.98 Å². The van der Waals surface area contributed by atoms with Gasteiger partial charge in [0.25, 0.3) is 5.78 Å². The highest BCUT2D eigenvalue weighted by atomic mass is 16.1. The van der Waals surface area contributed by atoms with Crippen LogP contribution in [-0.2, 0) is 4.79 Å². The van der Waals surface area contributed by atoms with Crippen molar-refractivity contribution in [3.8, 4) is 0 Å². The topological polar surface area (TPSA) is 63.4 Å². The minimum absolute atomic E-state index is 0.0621. The van der Waals surface area contributed by atoms with Crippen LogP contribution in [0.4, 0.5) is 5.82 Å². The summed E-state index contributed by atoms with van der Waals surface area (Å²) in [6.45, 7) is 2.81. The normalized spacial score (nSPS) is 20.3. The Balaban J connectivity index is 2.11. The molecule has 1 fully saturated rings. The van der Waals surface area contributed by atoms with E-state index in [0.29, 0.717) is 5.78 Å². The number of hydrogen-bond acceptors (Lipinski definition) is 5. The van der Waals surface area contributed by atoms with Gasteiger partial charge in [0, 0.05) is 18.3 Å². The van der Waals surface area contributed by atoms with Gasteiger partial charge >= 0.3 is 0 Å². The number of aldehydes is 1. The van der Waals surface area contributed by atoms with Crippen LogP contribution in [0, 0.1) is 6.92 Å². The van der Waals surface area contributed by atoms with Gasteiger partial charge in [-0.2, -0.15) is 14.6 Å². The Kier molecular flexibility index (Phi) is 2.70. The van der Waals surface area contributed by atoms with Gasteiger partial charge in [0.15, 0.2) is 0 Å². The summed E-state index contributed by atoms with van der Waals surface area (Å²) in [6.07, 6.45) is 5.62. The first kappa shape index (κ1) is 11.1. The summed E-state index contributed by atoms with van der Waals surface area (Å²) in [6, 6.07) is 1.90. The maximum atomic E-state index is 11.2. The lowest BCUT2D eigenvalue weighted by Gasteiger charge is -2.34.